The maximum absolute atomic E-state index is 14.1. The van der Waals surface area contributed by atoms with Crippen molar-refractivity contribution >= 4 is 35.0 Å². The lowest BCUT2D eigenvalue weighted by atomic mass is 9.89. The smallest absolute Gasteiger partial charge is 0.265 e. The maximum atomic E-state index is 14.1. The predicted octanol–water partition coefficient (Wildman–Crippen LogP) is 0.867. The summed E-state index contributed by atoms with van der Waals surface area (Å²) < 4.78 is 12.2. The number of nitrogens with one attached hydrogen (secondary N) is 4. The number of aliphatic hydroxyl groups excluding tert-OH is 1. The monoisotopic (exact) mass is 693 g/mol. The van der Waals surface area contributed by atoms with Gasteiger partial charge in [0.15, 0.2) is 5.60 Å². The van der Waals surface area contributed by atoms with Gasteiger partial charge in [-0.05, 0) is 50.6 Å². The van der Waals surface area contributed by atoms with Crippen molar-refractivity contribution < 1.29 is 33.8 Å². The lowest BCUT2D eigenvalue weighted by molar-refractivity contribution is -0.146. The lowest BCUT2D eigenvalue weighted by Crippen LogP contribution is -2.63. The van der Waals surface area contributed by atoms with Gasteiger partial charge in [0.2, 0.25) is 17.7 Å². The fourth-order valence-corrected chi connectivity index (χ4v) is 6.49. The summed E-state index contributed by atoms with van der Waals surface area (Å²) in [4.78, 5) is 56.2. The second kappa shape index (κ2) is 16.2. The first-order chi connectivity index (χ1) is 23.5. The van der Waals surface area contributed by atoms with Gasteiger partial charge in [-0.15, -0.1) is 21.5 Å². The van der Waals surface area contributed by atoms with E-state index in [9.17, 15) is 24.3 Å². The van der Waals surface area contributed by atoms with Gasteiger partial charge >= 0.3 is 0 Å². The molecule has 49 heavy (non-hydrogen) atoms. The third kappa shape index (κ3) is 9.52. The molecule has 1 saturated heterocycles. The summed E-state index contributed by atoms with van der Waals surface area (Å²) in [6.45, 7) is 6.69. The highest BCUT2D eigenvalue weighted by Crippen LogP contribution is 2.31. The van der Waals surface area contributed by atoms with Gasteiger partial charge < -0.3 is 35.8 Å². The number of amides is 4. The van der Waals surface area contributed by atoms with E-state index in [1.165, 1.54) is 25.2 Å². The molecular weight excluding hydrogens is 650 g/mol. The molecule has 2 aromatic carbocycles. The number of piperidine rings is 1. The zero-order valence-electron chi connectivity index (χ0n) is 27.8. The molecule has 14 nitrogen and oxygen atoms in total. The molecule has 0 saturated carbocycles. The minimum absolute atomic E-state index is 0.168. The molecular formula is C34H43N7O7S. The number of fused-ring (bicyclic) bond motifs is 15. The van der Waals surface area contributed by atoms with E-state index in [2.05, 4.69) is 36.4 Å². The Kier molecular flexibility index (Phi) is 11.8. The van der Waals surface area contributed by atoms with Crippen molar-refractivity contribution in [1.82, 2.24) is 36.4 Å². The van der Waals surface area contributed by atoms with Crippen LogP contribution in [0.25, 0.3) is 0 Å². The van der Waals surface area contributed by atoms with Crippen LogP contribution in [0.3, 0.4) is 0 Å². The molecule has 1 fully saturated rings. The maximum Gasteiger partial charge on any atom is 0.265 e. The molecule has 1 aromatic heterocycles. The van der Waals surface area contributed by atoms with Crippen LogP contribution in [0.2, 0.25) is 0 Å². The first-order valence-electron chi connectivity index (χ1n) is 16.4. The third-order valence-electron chi connectivity index (χ3n) is 8.53. The highest BCUT2D eigenvalue weighted by Gasteiger charge is 2.46. The molecule has 4 atom stereocenters. The number of carbonyl (C=O) groups excluding carboxylic acids is 4. The molecule has 6 rings (SSSR count). The highest BCUT2D eigenvalue weighted by atomic mass is 32.1. The van der Waals surface area contributed by atoms with Crippen molar-refractivity contribution in [2.45, 2.75) is 76.4 Å². The van der Waals surface area contributed by atoms with Crippen LogP contribution in [0.1, 0.15) is 42.3 Å². The van der Waals surface area contributed by atoms with E-state index in [0.29, 0.717) is 44.0 Å². The number of benzene rings is 2. The third-order valence-corrected chi connectivity index (χ3v) is 9.35. The summed E-state index contributed by atoms with van der Waals surface area (Å²) in [6.07, 6.45) is -0.495. The first-order valence-corrected chi connectivity index (χ1v) is 17.2. The topological polar surface area (TPSA) is 184 Å². The quantitative estimate of drug-likeness (QED) is 0.240. The zero-order valence-corrected chi connectivity index (χ0v) is 28.6. The zero-order chi connectivity index (χ0) is 35.0. The molecule has 5 N–H and O–H groups in total. The van der Waals surface area contributed by atoms with Gasteiger partial charge in [-0.3, -0.25) is 24.1 Å². The van der Waals surface area contributed by atoms with Crippen LogP contribution < -0.4 is 30.7 Å². The van der Waals surface area contributed by atoms with Crippen LogP contribution >= 0.6 is 11.3 Å². The van der Waals surface area contributed by atoms with Gasteiger partial charge in [0, 0.05) is 32.4 Å². The number of aromatic nitrogens is 2. The van der Waals surface area contributed by atoms with Crippen LogP contribution in [0, 0.1) is 6.92 Å². The minimum atomic E-state index is -1.39. The first kappa shape index (κ1) is 35.7. The molecule has 3 aliphatic heterocycles. The number of likely N-dealkylation sites (tertiary alicyclic amines) is 1. The van der Waals surface area contributed by atoms with Crippen LogP contribution in [0.5, 0.6) is 11.5 Å². The second-order valence-electron chi connectivity index (χ2n) is 12.4. The molecule has 3 aliphatic rings. The number of hydrogen-bond acceptors (Lipinski definition) is 11. The number of carbonyl (C=O) groups is 4. The lowest BCUT2D eigenvalue weighted by Gasteiger charge is -2.41. The molecule has 0 radical (unpaired) electrons. The summed E-state index contributed by atoms with van der Waals surface area (Å²) in [5, 5.41) is 31.5. The van der Waals surface area contributed by atoms with E-state index in [4.69, 9.17) is 9.47 Å². The van der Waals surface area contributed by atoms with Gasteiger partial charge in [-0.1, -0.05) is 30.3 Å². The van der Waals surface area contributed by atoms with Gasteiger partial charge in [0.05, 0.1) is 19.2 Å². The Bertz CT molecular complexity index is 1590. The van der Waals surface area contributed by atoms with E-state index >= 15 is 0 Å². The van der Waals surface area contributed by atoms with Crippen molar-refractivity contribution in [1.29, 1.82) is 0 Å². The minimum Gasteiger partial charge on any atom is -0.492 e. The number of aliphatic hydroxyl groups is 1. The Balaban J connectivity index is 1.37. The molecule has 15 heteroatoms. The van der Waals surface area contributed by atoms with Crippen LogP contribution in [0.15, 0.2) is 54.6 Å². The fraction of sp³-hybridized carbons (Fsp3) is 0.471. The Labute approximate surface area is 289 Å². The highest BCUT2D eigenvalue weighted by molar-refractivity contribution is 7.11. The Morgan fingerprint density at radius 3 is 2.29 bits per heavy atom. The van der Waals surface area contributed by atoms with E-state index in [1.807, 2.05) is 37.3 Å². The Morgan fingerprint density at radius 2 is 1.63 bits per heavy atom. The van der Waals surface area contributed by atoms with Crippen molar-refractivity contribution in [2.24, 2.45) is 0 Å². The normalized spacial score (nSPS) is 23.3. The van der Waals surface area contributed by atoms with Gasteiger partial charge in [-0.25, -0.2) is 0 Å². The van der Waals surface area contributed by atoms with Crippen molar-refractivity contribution in [2.75, 3.05) is 26.2 Å². The van der Waals surface area contributed by atoms with Crippen LogP contribution in [0.4, 0.5) is 0 Å². The standard InChI is InChI=1S/C34H43N7O7S/c1-21-30(43)37-27(19-24-7-5-4-6-8-24)31(44)35-15-18-47-25-9-11-26(12-10-25)48-34(33(46)38-29(22(2)42)32(45)36-21)13-16-41(17-14-34)20-28-40-39-23(3)49-28/h4-12,21-22,27,29,42H,13-20H2,1-3H3,(H,35,44)(H,36,45)(H,37,43)(H,38,46)/t21-,22+,27-,29?/m0/s1. The molecule has 262 valence electrons. The van der Waals surface area contributed by atoms with E-state index < -0.39 is 53.5 Å². The summed E-state index contributed by atoms with van der Waals surface area (Å²) in [6, 6.07) is 12.6. The molecule has 2 bridgehead atoms. The van der Waals surface area contributed by atoms with Crippen LogP contribution in [-0.4, -0.2) is 99.9 Å². The number of rotatable bonds is 5. The van der Waals surface area contributed by atoms with E-state index in [0.717, 1.165) is 15.6 Å². The molecule has 0 aliphatic carbocycles. The molecule has 4 heterocycles. The number of nitrogens with zero attached hydrogens (tertiary/aromatic N) is 3. The Hall–Kier alpha value is -4.60. The number of ether oxygens (including phenoxy) is 2. The molecule has 3 aromatic rings. The summed E-state index contributed by atoms with van der Waals surface area (Å²) in [5.41, 5.74) is -0.526. The van der Waals surface area contributed by atoms with Crippen LogP contribution in [-0.2, 0) is 32.1 Å². The SMILES string of the molecule is Cc1nnc(CN2CCC3(CC2)Oc2ccc(cc2)OCCNC(=O)[C@H](Cc2ccccc2)NC(=O)[C@H](C)NC(=O)C([C@@H](C)O)NC3=O)s1. The predicted molar refractivity (Wildman–Crippen MR) is 181 cm³/mol. The van der Waals surface area contributed by atoms with Crippen molar-refractivity contribution in [3.63, 3.8) is 0 Å². The molecule has 1 unspecified atom stereocenters. The average molecular weight is 694 g/mol. The van der Waals surface area contributed by atoms with Gasteiger partial charge in [0.25, 0.3) is 5.91 Å². The fourth-order valence-electron chi connectivity index (χ4n) is 5.74. The largest absolute Gasteiger partial charge is 0.492 e. The Morgan fingerprint density at radius 1 is 0.939 bits per heavy atom. The van der Waals surface area contributed by atoms with E-state index in [1.54, 1.807) is 24.3 Å². The van der Waals surface area contributed by atoms with Crippen molar-refractivity contribution in [3.8, 4) is 11.5 Å². The van der Waals surface area contributed by atoms with Crippen molar-refractivity contribution in [3.05, 3.63) is 70.2 Å². The summed E-state index contributed by atoms with van der Waals surface area (Å²) in [5.74, 6) is -1.39. The summed E-state index contributed by atoms with van der Waals surface area (Å²) in [7, 11) is 0. The number of hydrogen-bond donors (Lipinski definition) is 5. The molecule has 4 amide bonds. The van der Waals surface area contributed by atoms with Gasteiger partial charge in [-0.2, -0.15) is 0 Å². The van der Waals surface area contributed by atoms with E-state index in [-0.39, 0.29) is 19.6 Å². The summed E-state index contributed by atoms with van der Waals surface area (Å²) >= 11 is 1.52. The number of aryl methyl sites for hydroxylation is 1. The second-order valence-corrected chi connectivity index (χ2v) is 13.6. The molecule has 1 spiro atoms. The average Bonchev–Trinajstić information content (AvgIpc) is 3.50. The van der Waals surface area contributed by atoms with Gasteiger partial charge in [0.1, 0.15) is 46.2 Å².